The lowest BCUT2D eigenvalue weighted by molar-refractivity contribution is -0.122. The third kappa shape index (κ3) is 6.22. The summed E-state index contributed by atoms with van der Waals surface area (Å²) in [6.45, 7) is 2.08. The molecule has 1 saturated heterocycles. The normalized spacial score (nSPS) is 19.4. The smallest absolute Gasteiger partial charge is 0.220 e. The van der Waals surface area contributed by atoms with E-state index in [9.17, 15) is 4.79 Å². The third-order valence-corrected chi connectivity index (χ3v) is 5.44. The summed E-state index contributed by atoms with van der Waals surface area (Å²) in [6.07, 6.45) is 9.54. The number of halogens is 1. The molecule has 0 spiro atoms. The lowest BCUT2D eigenvalue weighted by Gasteiger charge is -2.32. The van der Waals surface area contributed by atoms with Crippen molar-refractivity contribution in [2.75, 3.05) is 18.0 Å². The molecule has 1 aliphatic carbocycles. The number of anilines is 1. The van der Waals surface area contributed by atoms with E-state index >= 15 is 0 Å². The number of hydrogen-bond donors (Lipinski definition) is 3. The van der Waals surface area contributed by atoms with Crippen LogP contribution < -0.4 is 21.7 Å². The van der Waals surface area contributed by atoms with Gasteiger partial charge in [0.2, 0.25) is 5.91 Å². The maximum absolute atomic E-state index is 11.4. The van der Waals surface area contributed by atoms with E-state index in [1.165, 1.54) is 32.1 Å². The summed E-state index contributed by atoms with van der Waals surface area (Å²) in [4.78, 5) is 22.6. The minimum atomic E-state index is -0.197. The number of amides is 1. The largest absolute Gasteiger partial charge is 0.370 e. The quantitative estimate of drug-likeness (QED) is 0.336. The summed E-state index contributed by atoms with van der Waals surface area (Å²) in [5.74, 6) is 1.23. The molecule has 0 radical (unpaired) electrons. The summed E-state index contributed by atoms with van der Waals surface area (Å²) < 4.78 is 0. The second kappa shape index (κ2) is 10.7. The van der Waals surface area contributed by atoms with Gasteiger partial charge in [0.05, 0.1) is 6.54 Å². The number of aliphatic imine (C=N–C) groups is 1. The summed E-state index contributed by atoms with van der Waals surface area (Å²) in [5.41, 5.74) is 12.6. The SMILES string of the molecule is I.NC(=O)C1CCN(c2ncccc2CN=C(N)NC2CCCCC2)CC1. The Kier molecular flexibility index (Phi) is 8.59. The Balaban J connectivity index is 0.00000261. The zero-order valence-corrected chi connectivity index (χ0v) is 18.1. The van der Waals surface area contributed by atoms with Crippen LogP contribution in [0.25, 0.3) is 0 Å². The molecule has 1 aromatic rings. The fourth-order valence-corrected chi connectivity index (χ4v) is 3.89. The summed E-state index contributed by atoms with van der Waals surface area (Å²) in [5, 5.41) is 3.35. The zero-order valence-electron chi connectivity index (χ0n) is 15.8. The molecule has 150 valence electrons. The number of guanidine groups is 1. The van der Waals surface area contributed by atoms with E-state index in [1.807, 2.05) is 12.1 Å². The van der Waals surface area contributed by atoms with E-state index in [0.29, 0.717) is 18.5 Å². The predicted molar refractivity (Wildman–Crippen MR) is 119 cm³/mol. The van der Waals surface area contributed by atoms with Gasteiger partial charge in [0.25, 0.3) is 0 Å². The van der Waals surface area contributed by atoms with Crippen molar-refractivity contribution >= 4 is 41.7 Å². The highest BCUT2D eigenvalue weighted by Gasteiger charge is 2.24. The highest BCUT2D eigenvalue weighted by molar-refractivity contribution is 14.0. The molecule has 5 N–H and O–H groups in total. The minimum absolute atomic E-state index is 0. The summed E-state index contributed by atoms with van der Waals surface area (Å²) in [6, 6.07) is 4.42. The van der Waals surface area contributed by atoms with Gasteiger partial charge >= 0.3 is 0 Å². The predicted octanol–water partition coefficient (Wildman–Crippen LogP) is 2.14. The fraction of sp³-hybridized carbons (Fsp3) is 0.632. The molecule has 0 unspecified atom stereocenters. The van der Waals surface area contributed by atoms with Crippen molar-refractivity contribution < 1.29 is 4.79 Å². The fourth-order valence-electron chi connectivity index (χ4n) is 3.89. The second-order valence-electron chi connectivity index (χ2n) is 7.33. The van der Waals surface area contributed by atoms with Gasteiger partial charge in [-0.1, -0.05) is 25.3 Å². The Hall–Kier alpha value is -1.58. The van der Waals surface area contributed by atoms with Gasteiger partial charge in [0, 0.05) is 36.8 Å². The van der Waals surface area contributed by atoms with Crippen LogP contribution >= 0.6 is 24.0 Å². The van der Waals surface area contributed by atoms with Crippen molar-refractivity contribution in [3.05, 3.63) is 23.9 Å². The van der Waals surface area contributed by atoms with Gasteiger partial charge < -0.3 is 21.7 Å². The van der Waals surface area contributed by atoms with E-state index in [2.05, 4.69) is 20.2 Å². The number of piperidine rings is 1. The molecule has 8 heteroatoms. The minimum Gasteiger partial charge on any atom is -0.370 e. The first-order valence-corrected chi connectivity index (χ1v) is 9.68. The number of nitrogens with one attached hydrogen (secondary N) is 1. The maximum Gasteiger partial charge on any atom is 0.220 e. The molecule has 1 aliphatic heterocycles. The molecule has 1 amide bonds. The highest BCUT2D eigenvalue weighted by Crippen LogP contribution is 2.25. The van der Waals surface area contributed by atoms with Gasteiger partial charge in [-0.05, 0) is 31.7 Å². The van der Waals surface area contributed by atoms with E-state index < -0.39 is 0 Å². The number of rotatable bonds is 5. The molecule has 2 heterocycles. The Labute approximate surface area is 178 Å². The first-order valence-electron chi connectivity index (χ1n) is 9.68. The lowest BCUT2D eigenvalue weighted by Crippen LogP contribution is -2.41. The number of carbonyl (C=O) groups is 1. The van der Waals surface area contributed by atoms with Gasteiger partial charge in [0.1, 0.15) is 5.82 Å². The van der Waals surface area contributed by atoms with Gasteiger partial charge in [-0.3, -0.25) is 4.79 Å². The summed E-state index contributed by atoms with van der Waals surface area (Å²) in [7, 11) is 0. The van der Waals surface area contributed by atoms with Crippen molar-refractivity contribution in [2.24, 2.45) is 22.4 Å². The van der Waals surface area contributed by atoms with E-state index in [1.54, 1.807) is 6.20 Å². The molecule has 0 atom stereocenters. The number of nitrogens with zero attached hydrogens (tertiary/aromatic N) is 3. The second-order valence-corrected chi connectivity index (χ2v) is 7.33. The van der Waals surface area contributed by atoms with Crippen LogP contribution in [0.4, 0.5) is 5.82 Å². The lowest BCUT2D eigenvalue weighted by atomic mass is 9.96. The van der Waals surface area contributed by atoms with E-state index in [-0.39, 0.29) is 35.8 Å². The molecule has 0 bridgehead atoms. The maximum atomic E-state index is 11.4. The van der Waals surface area contributed by atoms with Crippen molar-refractivity contribution in [3.63, 3.8) is 0 Å². The number of primary amides is 1. The van der Waals surface area contributed by atoms with Crippen LogP contribution in [0.5, 0.6) is 0 Å². The average Bonchev–Trinajstić information content (AvgIpc) is 2.67. The van der Waals surface area contributed by atoms with Crippen molar-refractivity contribution in [1.29, 1.82) is 0 Å². The van der Waals surface area contributed by atoms with Gasteiger partial charge in [-0.25, -0.2) is 9.98 Å². The van der Waals surface area contributed by atoms with Crippen LogP contribution in [0.1, 0.15) is 50.5 Å². The molecule has 3 rings (SSSR count). The van der Waals surface area contributed by atoms with E-state index in [4.69, 9.17) is 11.5 Å². The van der Waals surface area contributed by atoms with Crippen molar-refractivity contribution in [3.8, 4) is 0 Å². The Morgan fingerprint density at radius 2 is 1.89 bits per heavy atom. The third-order valence-electron chi connectivity index (χ3n) is 5.44. The molecular formula is C19H31IN6O. The number of nitrogens with two attached hydrogens (primary N) is 2. The Morgan fingerprint density at radius 1 is 1.19 bits per heavy atom. The molecule has 2 aliphatic rings. The van der Waals surface area contributed by atoms with Gasteiger partial charge in [0.15, 0.2) is 5.96 Å². The van der Waals surface area contributed by atoms with Crippen molar-refractivity contribution in [2.45, 2.75) is 57.5 Å². The zero-order chi connectivity index (χ0) is 18.4. The first kappa shape index (κ1) is 21.7. The van der Waals surface area contributed by atoms with Crippen LogP contribution in [-0.2, 0) is 11.3 Å². The Bertz CT molecular complexity index is 639. The Morgan fingerprint density at radius 3 is 2.56 bits per heavy atom. The molecule has 7 nitrogen and oxygen atoms in total. The number of pyridine rings is 1. The summed E-state index contributed by atoms with van der Waals surface area (Å²) >= 11 is 0. The number of hydrogen-bond acceptors (Lipinski definition) is 4. The van der Waals surface area contributed by atoms with Gasteiger partial charge in [-0.15, -0.1) is 24.0 Å². The van der Waals surface area contributed by atoms with Crippen molar-refractivity contribution in [1.82, 2.24) is 10.3 Å². The standard InChI is InChI=1S/C19H30N6O.HI/c20-17(26)14-8-11-25(12-9-14)18-15(5-4-10-22-18)13-23-19(21)24-16-6-2-1-3-7-16;/h4-5,10,14,16H,1-3,6-9,11-13H2,(H2,20,26)(H3,21,23,24);1H. The van der Waals surface area contributed by atoms with Crippen LogP contribution in [0.15, 0.2) is 23.3 Å². The first-order chi connectivity index (χ1) is 12.6. The molecular weight excluding hydrogens is 455 g/mol. The molecule has 0 aromatic carbocycles. The average molecular weight is 486 g/mol. The highest BCUT2D eigenvalue weighted by atomic mass is 127. The molecule has 1 aromatic heterocycles. The van der Waals surface area contributed by atoms with Crippen LogP contribution in [-0.4, -0.2) is 36.0 Å². The van der Waals surface area contributed by atoms with E-state index in [0.717, 1.165) is 37.3 Å². The van der Waals surface area contributed by atoms with Crippen LogP contribution in [0.3, 0.4) is 0 Å². The number of carbonyl (C=O) groups excluding carboxylic acids is 1. The monoisotopic (exact) mass is 486 g/mol. The molecule has 27 heavy (non-hydrogen) atoms. The topological polar surface area (TPSA) is 110 Å². The molecule has 1 saturated carbocycles. The van der Waals surface area contributed by atoms with Crippen LogP contribution in [0.2, 0.25) is 0 Å². The van der Waals surface area contributed by atoms with Gasteiger partial charge in [-0.2, -0.15) is 0 Å². The number of aromatic nitrogens is 1. The molecule has 2 fully saturated rings. The van der Waals surface area contributed by atoms with Crippen LogP contribution in [0, 0.1) is 5.92 Å².